The molecule has 1 rings (SSSR count). The van der Waals surface area contributed by atoms with Crippen LogP contribution in [0, 0.1) is 6.92 Å². The van der Waals surface area contributed by atoms with Gasteiger partial charge in [-0.1, -0.05) is 19.0 Å². The van der Waals surface area contributed by atoms with Crippen LogP contribution in [0.25, 0.3) is 0 Å². The zero-order chi connectivity index (χ0) is 13.1. The van der Waals surface area contributed by atoms with Gasteiger partial charge >= 0.3 is 0 Å². The molecule has 0 aliphatic carbocycles. The molecule has 5 heteroatoms. The SMILES string of the molecule is CCc1onc(C(=O)NCC(C)(N)CC)c1C. The predicted octanol–water partition coefficient (Wildman–Crippen LogP) is 1.40. The first-order chi connectivity index (χ1) is 7.91. The van der Waals surface area contributed by atoms with E-state index in [1.165, 1.54) is 0 Å². The standard InChI is InChI=1S/C12H21N3O2/c1-5-9-8(3)10(15-17-9)11(16)14-7-12(4,13)6-2/h5-7,13H2,1-4H3,(H,14,16). The Bertz CT molecular complexity index is 396. The van der Waals surface area contributed by atoms with Gasteiger partial charge in [-0.25, -0.2) is 0 Å². The molecule has 1 unspecified atom stereocenters. The van der Waals surface area contributed by atoms with Crippen LogP contribution in [0.15, 0.2) is 4.52 Å². The van der Waals surface area contributed by atoms with E-state index >= 15 is 0 Å². The molecule has 1 aromatic rings. The highest BCUT2D eigenvalue weighted by Gasteiger charge is 2.21. The van der Waals surface area contributed by atoms with Crippen LogP contribution in [-0.2, 0) is 6.42 Å². The van der Waals surface area contributed by atoms with Gasteiger partial charge in [-0.3, -0.25) is 4.79 Å². The third-order valence-corrected chi connectivity index (χ3v) is 3.02. The molecule has 0 bridgehead atoms. The number of nitrogens with two attached hydrogens (primary N) is 1. The molecule has 0 radical (unpaired) electrons. The Balaban J connectivity index is 2.67. The number of rotatable bonds is 5. The first-order valence-electron chi connectivity index (χ1n) is 5.93. The van der Waals surface area contributed by atoms with Gasteiger partial charge in [0.2, 0.25) is 0 Å². The third kappa shape index (κ3) is 3.30. The molecule has 1 amide bonds. The summed E-state index contributed by atoms with van der Waals surface area (Å²) in [5.41, 5.74) is 6.73. The lowest BCUT2D eigenvalue weighted by atomic mass is 10.0. The van der Waals surface area contributed by atoms with Gasteiger partial charge in [0.05, 0.1) is 0 Å². The number of aryl methyl sites for hydroxylation is 1. The zero-order valence-electron chi connectivity index (χ0n) is 11.0. The van der Waals surface area contributed by atoms with E-state index in [1.54, 1.807) is 0 Å². The predicted molar refractivity (Wildman–Crippen MR) is 65.8 cm³/mol. The van der Waals surface area contributed by atoms with E-state index in [2.05, 4.69) is 10.5 Å². The molecular weight excluding hydrogens is 218 g/mol. The monoisotopic (exact) mass is 239 g/mol. The molecule has 96 valence electrons. The summed E-state index contributed by atoms with van der Waals surface area (Å²) in [4.78, 5) is 11.9. The zero-order valence-corrected chi connectivity index (χ0v) is 11.0. The maximum Gasteiger partial charge on any atom is 0.273 e. The van der Waals surface area contributed by atoms with E-state index in [0.717, 1.165) is 24.2 Å². The molecule has 5 nitrogen and oxygen atoms in total. The summed E-state index contributed by atoms with van der Waals surface area (Å²) >= 11 is 0. The normalized spacial score (nSPS) is 14.4. The number of nitrogens with zero attached hydrogens (tertiary/aromatic N) is 1. The van der Waals surface area contributed by atoms with Gasteiger partial charge < -0.3 is 15.6 Å². The number of hydrogen-bond donors (Lipinski definition) is 2. The molecule has 0 spiro atoms. The van der Waals surface area contributed by atoms with Crippen molar-refractivity contribution in [1.82, 2.24) is 10.5 Å². The molecule has 0 aromatic carbocycles. The fourth-order valence-electron chi connectivity index (χ4n) is 1.40. The highest BCUT2D eigenvalue weighted by molar-refractivity contribution is 5.93. The fourth-order valence-corrected chi connectivity index (χ4v) is 1.40. The Hall–Kier alpha value is -1.36. The van der Waals surface area contributed by atoms with Gasteiger partial charge in [-0.2, -0.15) is 0 Å². The highest BCUT2D eigenvalue weighted by Crippen LogP contribution is 2.13. The van der Waals surface area contributed by atoms with Crippen LogP contribution in [0.2, 0.25) is 0 Å². The second-order valence-corrected chi connectivity index (χ2v) is 4.62. The van der Waals surface area contributed by atoms with Crippen molar-refractivity contribution in [2.45, 2.75) is 46.1 Å². The minimum Gasteiger partial charge on any atom is -0.360 e. The summed E-state index contributed by atoms with van der Waals surface area (Å²) in [6, 6.07) is 0. The summed E-state index contributed by atoms with van der Waals surface area (Å²) in [7, 11) is 0. The summed E-state index contributed by atoms with van der Waals surface area (Å²) in [5, 5.41) is 6.57. The van der Waals surface area contributed by atoms with Crippen molar-refractivity contribution in [2.75, 3.05) is 6.54 Å². The second-order valence-electron chi connectivity index (χ2n) is 4.62. The minimum absolute atomic E-state index is 0.226. The Morgan fingerprint density at radius 1 is 1.53 bits per heavy atom. The Morgan fingerprint density at radius 3 is 2.65 bits per heavy atom. The van der Waals surface area contributed by atoms with Crippen LogP contribution in [-0.4, -0.2) is 23.1 Å². The smallest absolute Gasteiger partial charge is 0.273 e. The maximum absolute atomic E-state index is 11.9. The van der Waals surface area contributed by atoms with Crippen molar-refractivity contribution in [3.8, 4) is 0 Å². The van der Waals surface area contributed by atoms with E-state index in [-0.39, 0.29) is 11.4 Å². The Morgan fingerprint density at radius 2 is 2.18 bits per heavy atom. The summed E-state index contributed by atoms with van der Waals surface area (Å²) in [5.74, 6) is 0.525. The number of aromatic nitrogens is 1. The first kappa shape index (κ1) is 13.7. The first-order valence-corrected chi connectivity index (χ1v) is 5.93. The largest absolute Gasteiger partial charge is 0.360 e. The number of hydrogen-bond acceptors (Lipinski definition) is 4. The molecule has 17 heavy (non-hydrogen) atoms. The van der Waals surface area contributed by atoms with Gasteiger partial charge in [-0.05, 0) is 20.3 Å². The molecule has 0 aliphatic rings. The van der Waals surface area contributed by atoms with Gasteiger partial charge in [0, 0.05) is 24.1 Å². The summed E-state index contributed by atoms with van der Waals surface area (Å²) < 4.78 is 5.08. The summed E-state index contributed by atoms with van der Waals surface area (Å²) in [6.07, 6.45) is 1.53. The van der Waals surface area contributed by atoms with E-state index in [1.807, 2.05) is 27.7 Å². The van der Waals surface area contributed by atoms with Crippen LogP contribution in [0.5, 0.6) is 0 Å². The maximum atomic E-state index is 11.9. The van der Waals surface area contributed by atoms with E-state index in [4.69, 9.17) is 10.3 Å². The topological polar surface area (TPSA) is 81.2 Å². The molecule has 1 atom stereocenters. The molecule has 1 heterocycles. The van der Waals surface area contributed by atoms with Crippen molar-refractivity contribution >= 4 is 5.91 Å². The Kier molecular flexibility index (Phi) is 4.28. The molecule has 0 aliphatic heterocycles. The molecule has 1 aromatic heterocycles. The van der Waals surface area contributed by atoms with Crippen LogP contribution in [0.1, 0.15) is 49.0 Å². The second kappa shape index (κ2) is 5.31. The number of amides is 1. The number of carbonyl (C=O) groups excluding carboxylic acids is 1. The number of carbonyl (C=O) groups is 1. The van der Waals surface area contributed by atoms with Crippen molar-refractivity contribution in [3.63, 3.8) is 0 Å². The lowest BCUT2D eigenvalue weighted by Crippen LogP contribution is -2.47. The molecular formula is C12H21N3O2. The van der Waals surface area contributed by atoms with Crippen LogP contribution in [0.3, 0.4) is 0 Å². The lowest BCUT2D eigenvalue weighted by molar-refractivity contribution is 0.0934. The van der Waals surface area contributed by atoms with Crippen molar-refractivity contribution < 1.29 is 9.32 Å². The van der Waals surface area contributed by atoms with Gasteiger partial charge in [-0.15, -0.1) is 0 Å². The molecule has 0 fully saturated rings. The van der Waals surface area contributed by atoms with Crippen LogP contribution in [0.4, 0.5) is 0 Å². The molecule has 0 saturated heterocycles. The average molecular weight is 239 g/mol. The van der Waals surface area contributed by atoms with E-state index < -0.39 is 0 Å². The summed E-state index contributed by atoms with van der Waals surface area (Å²) in [6.45, 7) is 8.12. The van der Waals surface area contributed by atoms with Gasteiger partial charge in [0.25, 0.3) is 5.91 Å². The van der Waals surface area contributed by atoms with Gasteiger partial charge in [0.15, 0.2) is 5.69 Å². The van der Waals surface area contributed by atoms with Crippen molar-refractivity contribution in [2.24, 2.45) is 5.73 Å². The fraction of sp³-hybridized carbons (Fsp3) is 0.667. The average Bonchev–Trinajstić information content (AvgIpc) is 2.67. The van der Waals surface area contributed by atoms with Crippen LogP contribution < -0.4 is 11.1 Å². The number of nitrogens with one attached hydrogen (secondary N) is 1. The Labute approximate surface area is 102 Å². The quantitative estimate of drug-likeness (QED) is 0.813. The van der Waals surface area contributed by atoms with Crippen molar-refractivity contribution in [3.05, 3.63) is 17.0 Å². The lowest BCUT2D eigenvalue weighted by Gasteiger charge is -2.22. The molecule has 3 N–H and O–H groups in total. The molecule has 0 saturated carbocycles. The minimum atomic E-state index is -0.388. The highest BCUT2D eigenvalue weighted by atomic mass is 16.5. The third-order valence-electron chi connectivity index (χ3n) is 3.02. The van der Waals surface area contributed by atoms with Crippen molar-refractivity contribution in [1.29, 1.82) is 0 Å². The van der Waals surface area contributed by atoms with E-state index in [9.17, 15) is 4.79 Å². The van der Waals surface area contributed by atoms with E-state index in [0.29, 0.717) is 12.2 Å². The van der Waals surface area contributed by atoms with Crippen LogP contribution >= 0.6 is 0 Å². The van der Waals surface area contributed by atoms with Gasteiger partial charge in [0.1, 0.15) is 5.76 Å².